The normalized spacial score (nSPS) is 11.3. The quantitative estimate of drug-likeness (QED) is 0.419. The Morgan fingerprint density at radius 2 is 1.94 bits per heavy atom. The summed E-state index contributed by atoms with van der Waals surface area (Å²) in [5, 5.41) is 26.0. The van der Waals surface area contributed by atoms with Crippen molar-refractivity contribution in [3.8, 4) is 11.1 Å². The fourth-order valence-electron chi connectivity index (χ4n) is 3.42. The van der Waals surface area contributed by atoms with Crippen molar-refractivity contribution in [2.24, 2.45) is 7.05 Å². The number of aryl methyl sites for hydroxylation is 1. The van der Waals surface area contributed by atoms with Gasteiger partial charge in [-0.05, 0) is 17.2 Å². The molecular formula is C21H21N9O. The molecule has 1 aromatic carbocycles. The highest BCUT2D eigenvalue weighted by Gasteiger charge is 2.10. The monoisotopic (exact) mass is 415 g/mol. The molecule has 0 fully saturated rings. The predicted octanol–water partition coefficient (Wildman–Crippen LogP) is 2.21. The molecule has 156 valence electrons. The van der Waals surface area contributed by atoms with Crippen molar-refractivity contribution in [1.82, 2.24) is 39.3 Å². The Labute approximate surface area is 177 Å². The lowest BCUT2D eigenvalue weighted by molar-refractivity contribution is 0.269. The van der Waals surface area contributed by atoms with Gasteiger partial charge in [0, 0.05) is 31.2 Å². The maximum Gasteiger partial charge on any atom is 0.229 e. The van der Waals surface area contributed by atoms with Crippen LogP contribution in [-0.4, -0.2) is 51.0 Å². The minimum Gasteiger partial charge on any atom is -0.394 e. The van der Waals surface area contributed by atoms with Crippen LogP contribution >= 0.6 is 0 Å². The van der Waals surface area contributed by atoms with Crippen LogP contribution in [0.25, 0.3) is 22.2 Å². The maximum absolute atomic E-state index is 9.03. The molecule has 0 unspecified atom stereocenters. The summed E-state index contributed by atoms with van der Waals surface area (Å²) >= 11 is 0. The first-order valence-electron chi connectivity index (χ1n) is 9.85. The number of aromatic nitrogens is 8. The minimum absolute atomic E-state index is 0.0325. The molecule has 10 heteroatoms. The first-order valence-corrected chi connectivity index (χ1v) is 9.85. The number of anilines is 2. The zero-order valence-corrected chi connectivity index (χ0v) is 16.9. The Bertz CT molecular complexity index is 1330. The summed E-state index contributed by atoms with van der Waals surface area (Å²) in [5.41, 5.74) is 4.80. The average Bonchev–Trinajstić information content (AvgIpc) is 3.50. The summed E-state index contributed by atoms with van der Waals surface area (Å²) in [6, 6.07) is 8.32. The van der Waals surface area contributed by atoms with Gasteiger partial charge in [-0.1, -0.05) is 18.2 Å². The molecule has 4 aromatic heterocycles. The van der Waals surface area contributed by atoms with Crippen molar-refractivity contribution in [3.63, 3.8) is 0 Å². The lowest BCUT2D eigenvalue weighted by Crippen LogP contribution is -2.04. The van der Waals surface area contributed by atoms with E-state index in [4.69, 9.17) is 5.11 Å². The summed E-state index contributed by atoms with van der Waals surface area (Å²) in [6.45, 7) is 1.06. The molecule has 0 radical (unpaired) electrons. The number of fused-ring (bicyclic) bond motifs is 1. The number of nitrogens with one attached hydrogen (secondary N) is 1. The Morgan fingerprint density at radius 1 is 1.00 bits per heavy atom. The summed E-state index contributed by atoms with van der Waals surface area (Å²) in [7, 11) is 1.91. The van der Waals surface area contributed by atoms with Gasteiger partial charge in [0.05, 0.1) is 49.4 Å². The molecule has 10 nitrogen and oxygen atoms in total. The van der Waals surface area contributed by atoms with Crippen LogP contribution in [0.3, 0.4) is 0 Å². The van der Waals surface area contributed by atoms with Crippen molar-refractivity contribution in [1.29, 1.82) is 0 Å². The molecule has 0 aliphatic heterocycles. The summed E-state index contributed by atoms with van der Waals surface area (Å²) < 4.78 is 5.31. The Kier molecular flexibility index (Phi) is 4.89. The Hall–Kier alpha value is -4.05. The van der Waals surface area contributed by atoms with Gasteiger partial charge in [0.25, 0.3) is 0 Å². The Balaban J connectivity index is 1.39. The third-order valence-corrected chi connectivity index (χ3v) is 4.89. The third-order valence-electron chi connectivity index (χ3n) is 4.89. The largest absolute Gasteiger partial charge is 0.394 e. The van der Waals surface area contributed by atoms with E-state index in [0.29, 0.717) is 19.0 Å². The van der Waals surface area contributed by atoms with E-state index in [9.17, 15) is 0 Å². The van der Waals surface area contributed by atoms with Gasteiger partial charge in [-0.3, -0.25) is 9.36 Å². The van der Waals surface area contributed by atoms with E-state index in [0.717, 1.165) is 33.4 Å². The van der Waals surface area contributed by atoms with Gasteiger partial charge in [0.1, 0.15) is 0 Å². The Morgan fingerprint density at radius 3 is 2.77 bits per heavy atom. The highest BCUT2D eigenvalue weighted by molar-refractivity contribution is 5.75. The number of rotatable bonds is 7. The number of hydrogen-bond donors (Lipinski definition) is 2. The van der Waals surface area contributed by atoms with Gasteiger partial charge in [-0.2, -0.15) is 20.3 Å². The SMILES string of the molecule is Cn1cc(-c2cccc(Cn3ncc4cnc(Nc5cnn(CCO)c5)nc43)c2)cn1. The van der Waals surface area contributed by atoms with Crippen molar-refractivity contribution < 1.29 is 5.11 Å². The predicted molar refractivity (Wildman–Crippen MR) is 116 cm³/mol. The average molecular weight is 415 g/mol. The molecule has 0 spiro atoms. The second kappa shape index (κ2) is 8.00. The summed E-state index contributed by atoms with van der Waals surface area (Å²) in [6.07, 6.45) is 10.8. The lowest BCUT2D eigenvalue weighted by atomic mass is 10.1. The van der Waals surface area contributed by atoms with Gasteiger partial charge < -0.3 is 10.4 Å². The number of nitrogens with zero attached hydrogens (tertiary/aromatic N) is 8. The highest BCUT2D eigenvalue weighted by atomic mass is 16.3. The lowest BCUT2D eigenvalue weighted by Gasteiger charge is -2.07. The van der Waals surface area contributed by atoms with Gasteiger partial charge >= 0.3 is 0 Å². The van der Waals surface area contributed by atoms with E-state index >= 15 is 0 Å². The van der Waals surface area contributed by atoms with E-state index in [1.807, 2.05) is 30.2 Å². The highest BCUT2D eigenvalue weighted by Crippen LogP contribution is 2.21. The van der Waals surface area contributed by atoms with Crippen LogP contribution in [0.2, 0.25) is 0 Å². The number of benzene rings is 1. The van der Waals surface area contributed by atoms with Crippen molar-refractivity contribution >= 4 is 22.7 Å². The van der Waals surface area contributed by atoms with Crippen LogP contribution in [0.4, 0.5) is 11.6 Å². The zero-order chi connectivity index (χ0) is 21.2. The molecule has 2 N–H and O–H groups in total. The van der Waals surface area contributed by atoms with Crippen molar-refractivity contribution in [3.05, 3.63) is 67.0 Å². The fraction of sp³-hybridized carbons (Fsp3) is 0.190. The summed E-state index contributed by atoms with van der Waals surface area (Å²) in [4.78, 5) is 9.01. The van der Waals surface area contributed by atoms with Crippen LogP contribution in [0, 0.1) is 0 Å². The van der Waals surface area contributed by atoms with Crippen LogP contribution in [0.5, 0.6) is 0 Å². The third kappa shape index (κ3) is 4.01. The second-order valence-corrected chi connectivity index (χ2v) is 7.22. The van der Waals surface area contributed by atoms with Gasteiger partial charge in [0.15, 0.2) is 5.65 Å². The van der Waals surface area contributed by atoms with Crippen molar-refractivity contribution in [2.75, 3.05) is 11.9 Å². The van der Waals surface area contributed by atoms with E-state index in [-0.39, 0.29) is 6.61 Å². The number of aliphatic hydroxyl groups excluding tert-OH is 1. The van der Waals surface area contributed by atoms with Gasteiger partial charge in [0.2, 0.25) is 5.95 Å². The zero-order valence-electron chi connectivity index (χ0n) is 16.9. The van der Waals surface area contributed by atoms with Crippen LogP contribution < -0.4 is 5.32 Å². The van der Waals surface area contributed by atoms with E-state index < -0.39 is 0 Å². The smallest absolute Gasteiger partial charge is 0.229 e. The van der Waals surface area contributed by atoms with E-state index in [2.05, 4.69) is 48.8 Å². The molecule has 5 rings (SSSR count). The molecule has 0 saturated heterocycles. The minimum atomic E-state index is 0.0325. The summed E-state index contributed by atoms with van der Waals surface area (Å²) in [5.74, 6) is 0.460. The van der Waals surface area contributed by atoms with Crippen LogP contribution in [0.15, 0.2) is 61.4 Å². The molecule has 0 bridgehead atoms. The van der Waals surface area contributed by atoms with Crippen LogP contribution in [0.1, 0.15) is 5.56 Å². The number of aliphatic hydroxyl groups is 1. The maximum atomic E-state index is 9.03. The van der Waals surface area contributed by atoms with Gasteiger partial charge in [-0.25, -0.2) is 9.67 Å². The first kappa shape index (κ1) is 18.9. The fourth-order valence-corrected chi connectivity index (χ4v) is 3.42. The van der Waals surface area contributed by atoms with Crippen molar-refractivity contribution in [2.45, 2.75) is 13.1 Å². The molecule has 0 saturated carbocycles. The number of hydrogen-bond acceptors (Lipinski definition) is 7. The molecule has 0 aliphatic rings. The topological polar surface area (TPSA) is 112 Å². The van der Waals surface area contributed by atoms with Crippen LogP contribution in [-0.2, 0) is 20.1 Å². The van der Waals surface area contributed by atoms with E-state index in [1.165, 1.54) is 0 Å². The van der Waals surface area contributed by atoms with E-state index in [1.54, 1.807) is 34.2 Å². The molecule has 0 amide bonds. The molecular weight excluding hydrogens is 394 g/mol. The molecule has 5 aromatic rings. The molecule has 0 aliphatic carbocycles. The first-order chi connectivity index (χ1) is 15.2. The molecule has 31 heavy (non-hydrogen) atoms. The molecule has 4 heterocycles. The molecule has 0 atom stereocenters. The van der Waals surface area contributed by atoms with Gasteiger partial charge in [-0.15, -0.1) is 0 Å². The standard InChI is InChI=1S/C21H21N9O/c1-28-13-18(10-23-28)16-4-2-3-15(7-16)12-30-20-17(9-25-30)8-22-21(27-20)26-19-11-24-29(14-19)5-6-31/h2-4,7-11,13-14,31H,5-6,12H2,1H3,(H,22,26,27). The second-order valence-electron chi connectivity index (χ2n) is 7.22.